The molecular formula is C6H12N2O4S3. The number of carbonyl (C=O) groups is 2. The van der Waals surface area contributed by atoms with E-state index < -0.39 is 24.0 Å². The predicted molar refractivity (Wildman–Crippen MR) is 63.6 cm³/mol. The van der Waals surface area contributed by atoms with Gasteiger partial charge in [-0.25, -0.2) is 4.79 Å². The largest absolute Gasteiger partial charge is 0.480 e. The van der Waals surface area contributed by atoms with Crippen LogP contribution in [0.5, 0.6) is 0 Å². The quantitative estimate of drug-likeness (QED) is 0.212. The highest BCUT2D eigenvalue weighted by atomic mass is 33.1. The smallest absolute Gasteiger partial charge is 0.335 e. The number of nitrogens with two attached hydrogens (primary N) is 2. The summed E-state index contributed by atoms with van der Waals surface area (Å²) in [7, 11) is 2.51. The molecule has 0 radical (unpaired) electrons. The van der Waals surface area contributed by atoms with E-state index in [4.69, 9.17) is 16.6 Å². The molecule has 0 aliphatic carbocycles. The van der Waals surface area contributed by atoms with Gasteiger partial charge in [-0.2, -0.15) is 0 Å². The topological polar surface area (TPSA) is 116 Å². The highest BCUT2D eigenvalue weighted by molar-refractivity contribution is 8.76. The van der Waals surface area contributed by atoms with Gasteiger partial charge in [-0.05, 0) is 0 Å². The zero-order chi connectivity index (χ0) is 11.8. The van der Waals surface area contributed by atoms with Gasteiger partial charge in [-0.3, -0.25) is 4.79 Å². The van der Waals surface area contributed by atoms with Crippen molar-refractivity contribution in [2.24, 2.45) is 11.5 Å². The van der Waals surface area contributed by atoms with Crippen molar-refractivity contribution in [3.63, 3.8) is 0 Å². The first kappa shape index (κ1) is 14.9. The molecule has 0 aliphatic rings. The fourth-order valence-corrected chi connectivity index (χ4v) is 2.81. The Kier molecular flexibility index (Phi) is 8.06. The van der Waals surface area contributed by atoms with Gasteiger partial charge in [-0.15, -0.1) is 0 Å². The summed E-state index contributed by atoms with van der Waals surface area (Å²) < 4.78 is 4.12. The molecule has 0 amide bonds. The number of thiol groups is 1. The second-order valence-corrected chi connectivity index (χ2v) is 5.27. The van der Waals surface area contributed by atoms with Crippen molar-refractivity contribution in [2.75, 3.05) is 11.5 Å². The Labute approximate surface area is 100 Å². The number of carboxylic acid groups (broad SMARTS) is 1. The highest BCUT2D eigenvalue weighted by Crippen LogP contribution is 2.22. The number of hydrogen-bond acceptors (Lipinski definition) is 8. The maximum Gasteiger partial charge on any atom is 0.335 e. The van der Waals surface area contributed by atoms with Crippen LogP contribution in [-0.4, -0.2) is 40.6 Å². The molecule has 2 atom stereocenters. The van der Waals surface area contributed by atoms with Crippen molar-refractivity contribution in [2.45, 2.75) is 12.1 Å². The van der Waals surface area contributed by atoms with Crippen molar-refractivity contribution < 1.29 is 18.9 Å². The third-order valence-electron chi connectivity index (χ3n) is 1.29. The Morgan fingerprint density at radius 2 is 1.73 bits per heavy atom. The number of aliphatic carboxylic acids is 1. The van der Waals surface area contributed by atoms with Gasteiger partial charge in [0.15, 0.2) is 0 Å². The van der Waals surface area contributed by atoms with Crippen LogP contribution in [0.2, 0.25) is 0 Å². The van der Waals surface area contributed by atoms with E-state index in [1.165, 1.54) is 21.6 Å². The van der Waals surface area contributed by atoms with E-state index in [0.717, 1.165) is 0 Å². The molecule has 0 spiro atoms. The van der Waals surface area contributed by atoms with Crippen molar-refractivity contribution in [3.8, 4) is 0 Å². The van der Waals surface area contributed by atoms with Crippen molar-refractivity contribution in [3.05, 3.63) is 0 Å². The Morgan fingerprint density at radius 3 is 2.13 bits per heavy atom. The monoisotopic (exact) mass is 272 g/mol. The first-order valence-electron chi connectivity index (χ1n) is 3.82. The molecule has 9 heteroatoms. The summed E-state index contributed by atoms with van der Waals surface area (Å²) in [4.78, 5) is 21.1. The molecule has 2 unspecified atom stereocenters. The maximum atomic E-state index is 10.8. The number of hydrogen-bond donors (Lipinski definition) is 4. The lowest BCUT2D eigenvalue weighted by Crippen LogP contribution is -2.33. The summed E-state index contributed by atoms with van der Waals surface area (Å²) in [6, 6.07) is -1.67. The summed E-state index contributed by atoms with van der Waals surface area (Å²) in [5.74, 6) is -1.10. The fraction of sp³-hybridized carbons (Fsp3) is 0.667. The van der Waals surface area contributed by atoms with Gasteiger partial charge in [0.1, 0.15) is 12.1 Å². The average molecular weight is 272 g/mol. The molecule has 5 N–H and O–H groups in total. The van der Waals surface area contributed by atoms with Crippen LogP contribution in [0.1, 0.15) is 0 Å². The van der Waals surface area contributed by atoms with Crippen LogP contribution >= 0.6 is 34.5 Å². The summed E-state index contributed by atoms with van der Waals surface area (Å²) in [5, 5.41) is 8.46. The summed E-state index contributed by atoms with van der Waals surface area (Å²) >= 11 is 3.32. The molecule has 0 aromatic heterocycles. The van der Waals surface area contributed by atoms with E-state index in [9.17, 15) is 9.59 Å². The molecule has 0 aromatic rings. The zero-order valence-corrected chi connectivity index (χ0v) is 10.2. The normalized spacial score (nSPS) is 14.3. The second kappa shape index (κ2) is 8.11. The molecule has 0 saturated carbocycles. The minimum Gasteiger partial charge on any atom is -0.480 e. The summed E-state index contributed by atoms with van der Waals surface area (Å²) in [6.45, 7) is 0. The maximum absolute atomic E-state index is 10.8. The molecule has 6 nitrogen and oxygen atoms in total. The Bertz CT molecular complexity index is 228. The SMILES string of the molecule is NC(CSSCC(N)C(=O)OS)C(=O)O. The Morgan fingerprint density at radius 1 is 1.27 bits per heavy atom. The van der Waals surface area contributed by atoms with E-state index >= 15 is 0 Å². The number of carbonyl (C=O) groups excluding carboxylic acids is 1. The highest BCUT2D eigenvalue weighted by Gasteiger charge is 2.15. The molecule has 0 aliphatic heterocycles. The van der Waals surface area contributed by atoms with E-state index in [-0.39, 0.29) is 5.75 Å². The molecule has 0 saturated heterocycles. The van der Waals surface area contributed by atoms with Crippen LogP contribution < -0.4 is 11.5 Å². The molecule has 0 aromatic carbocycles. The van der Waals surface area contributed by atoms with Crippen LogP contribution in [0.4, 0.5) is 0 Å². The summed E-state index contributed by atoms with van der Waals surface area (Å²) in [6.07, 6.45) is 0. The summed E-state index contributed by atoms with van der Waals surface area (Å²) in [5.41, 5.74) is 10.6. The number of carboxylic acids is 1. The molecule has 0 heterocycles. The minimum absolute atomic E-state index is 0.253. The van der Waals surface area contributed by atoms with Gasteiger partial charge in [0.05, 0.1) is 0 Å². The molecule has 0 bridgehead atoms. The zero-order valence-electron chi connectivity index (χ0n) is 7.66. The first-order valence-corrected chi connectivity index (χ1v) is 6.68. The number of rotatable bonds is 7. The molecule has 88 valence electrons. The minimum atomic E-state index is -1.05. The lowest BCUT2D eigenvalue weighted by Gasteiger charge is -2.08. The van der Waals surface area contributed by atoms with E-state index in [0.29, 0.717) is 5.75 Å². The van der Waals surface area contributed by atoms with Crippen molar-refractivity contribution in [1.29, 1.82) is 0 Å². The lowest BCUT2D eigenvalue weighted by molar-refractivity contribution is -0.138. The van der Waals surface area contributed by atoms with E-state index in [1.807, 2.05) is 0 Å². The van der Waals surface area contributed by atoms with Crippen LogP contribution in [0, 0.1) is 0 Å². The Balaban J connectivity index is 3.54. The fourth-order valence-electron chi connectivity index (χ4n) is 0.450. The van der Waals surface area contributed by atoms with Gasteiger partial charge < -0.3 is 20.8 Å². The Hall–Kier alpha value is -0.0900. The molecular weight excluding hydrogens is 260 g/mol. The lowest BCUT2D eigenvalue weighted by atomic mass is 10.4. The second-order valence-electron chi connectivity index (χ2n) is 2.53. The van der Waals surface area contributed by atoms with Crippen LogP contribution in [0.15, 0.2) is 0 Å². The van der Waals surface area contributed by atoms with Gasteiger partial charge in [0.2, 0.25) is 0 Å². The van der Waals surface area contributed by atoms with Crippen LogP contribution in [0.3, 0.4) is 0 Å². The molecule has 15 heavy (non-hydrogen) atoms. The average Bonchev–Trinajstić information content (AvgIpc) is 2.22. The predicted octanol–water partition coefficient (Wildman–Crippen LogP) is -0.505. The van der Waals surface area contributed by atoms with Crippen LogP contribution in [0.25, 0.3) is 0 Å². The van der Waals surface area contributed by atoms with E-state index in [2.05, 4.69) is 17.1 Å². The van der Waals surface area contributed by atoms with Gasteiger partial charge in [0, 0.05) is 24.4 Å². The molecule has 0 rings (SSSR count). The third-order valence-corrected chi connectivity index (χ3v) is 3.94. The van der Waals surface area contributed by atoms with Gasteiger partial charge in [0.25, 0.3) is 0 Å². The van der Waals surface area contributed by atoms with Gasteiger partial charge in [-0.1, -0.05) is 21.6 Å². The third kappa shape index (κ3) is 6.90. The van der Waals surface area contributed by atoms with Crippen LogP contribution in [-0.2, 0) is 13.8 Å². The standard InChI is InChI=1S/C6H12N2O4S3/c7-3(5(9)10)1-14-15-2-4(8)6(11)12-13/h3-4,13H,1-2,7-8H2,(H,9,10). The van der Waals surface area contributed by atoms with E-state index in [1.54, 1.807) is 0 Å². The first-order chi connectivity index (χ1) is 6.99. The van der Waals surface area contributed by atoms with Gasteiger partial charge >= 0.3 is 11.9 Å². The van der Waals surface area contributed by atoms with Crippen molar-refractivity contribution >= 4 is 46.4 Å². The molecule has 0 fully saturated rings. The van der Waals surface area contributed by atoms with Crippen molar-refractivity contribution in [1.82, 2.24) is 0 Å².